The molecule has 3 aliphatic heterocycles. The summed E-state index contributed by atoms with van der Waals surface area (Å²) in [5, 5.41) is 0. The van der Waals surface area contributed by atoms with E-state index in [-0.39, 0.29) is 33.5 Å². The topological polar surface area (TPSA) is 55.4 Å². The Morgan fingerprint density at radius 3 is 1.00 bits per heavy atom. The third-order valence-electron chi connectivity index (χ3n) is 9.60. The van der Waals surface area contributed by atoms with Gasteiger partial charge in [0.25, 0.3) is 12.9 Å². The lowest BCUT2D eigenvalue weighted by Gasteiger charge is -2.32. The first kappa shape index (κ1) is 39.0. The van der Waals surface area contributed by atoms with Gasteiger partial charge in [0.2, 0.25) is 0 Å². The summed E-state index contributed by atoms with van der Waals surface area (Å²) in [5.74, 6) is 0. The number of benzene rings is 2. The highest BCUT2D eigenvalue weighted by Gasteiger charge is 2.63. The summed E-state index contributed by atoms with van der Waals surface area (Å²) in [6, 6.07) is 12.1. The molecule has 3 heterocycles. The smallest absolute Gasteiger partial charge is 0.405 e. The average Bonchev–Trinajstić information content (AvgIpc) is 3.38. The van der Waals surface area contributed by atoms with Crippen LogP contribution in [0.5, 0.6) is 0 Å². The maximum atomic E-state index is 12.5. The van der Waals surface area contributed by atoms with Gasteiger partial charge in [0.05, 0.1) is 33.6 Å². The van der Waals surface area contributed by atoms with E-state index in [0.29, 0.717) is 0 Å². The Labute approximate surface area is 281 Å². The molecule has 6 nitrogen and oxygen atoms in total. The first-order chi connectivity index (χ1) is 20.8. The minimum Gasteiger partial charge on any atom is -0.405 e. The zero-order chi connectivity index (χ0) is 35.1. The Morgan fingerprint density at radius 1 is 0.457 bits per heavy atom. The van der Waals surface area contributed by atoms with Crippen LogP contribution in [0.3, 0.4) is 0 Å². The lowest BCUT2D eigenvalue weighted by molar-refractivity contribution is 0.00578. The van der Waals surface area contributed by atoms with Crippen molar-refractivity contribution < 1.29 is 45.5 Å². The molecule has 0 spiro atoms. The molecule has 0 atom stereocenters. The van der Waals surface area contributed by atoms with E-state index in [1.165, 1.54) is 24.3 Å². The van der Waals surface area contributed by atoms with Crippen LogP contribution in [0, 0.1) is 0 Å². The van der Waals surface area contributed by atoms with Gasteiger partial charge in [0.1, 0.15) is 0 Å². The third-order valence-corrected chi connectivity index (χ3v) is 10.1. The fourth-order valence-corrected chi connectivity index (χ4v) is 4.65. The van der Waals surface area contributed by atoms with Gasteiger partial charge in [0, 0.05) is 15.6 Å². The average molecular weight is 715 g/mol. The number of hydrogen-bond acceptors (Lipinski definition) is 6. The fraction of sp³-hybridized carbons (Fsp3) is 0.625. The van der Waals surface area contributed by atoms with Crippen LogP contribution in [0.2, 0.25) is 0 Å². The molecule has 254 valence electrons. The van der Waals surface area contributed by atoms with E-state index in [1.807, 2.05) is 83.1 Å². The quantitative estimate of drug-likeness (QED) is 0.234. The van der Waals surface area contributed by atoms with Crippen molar-refractivity contribution in [1.29, 1.82) is 0 Å². The van der Waals surface area contributed by atoms with Crippen molar-refractivity contribution in [3.63, 3.8) is 0 Å². The Bertz CT molecular complexity index is 1230. The minimum atomic E-state index is -2.45. The van der Waals surface area contributed by atoms with Gasteiger partial charge in [-0.05, 0) is 101 Å². The first-order valence-electron chi connectivity index (χ1n) is 15.3. The second kappa shape index (κ2) is 13.8. The molecule has 3 fully saturated rings. The summed E-state index contributed by atoms with van der Waals surface area (Å²) in [6.07, 6.45) is -4.81. The molecule has 0 aliphatic carbocycles. The molecule has 0 N–H and O–H groups in total. The molecule has 0 aromatic heterocycles. The summed E-state index contributed by atoms with van der Waals surface area (Å²) in [6.45, 7) is 24.0. The highest BCUT2D eigenvalue weighted by Crippen LogP contribution is 2.43. The van der Waals surface area contributed by atoms with Crippen molar-refractivity contribution in [2.75, 3.05) is 0 Å². The summed E-state index contributed by atoms with van der Waals surface area (Å²) in [7, 11) is -1.45. The Morgan fingerprint density at radius 2 is 0.717 bits per heavy atom. The molecule has 2 aromatic carbocycles. The number of halogens is 5. The molecule has 3 aliphatic rings. The van der Waals surface area contributed by atoms with E-state index < -0.39 is 45.2 Å². The van der Waals surface area contributed by atoms with Crippen LogP contribution in [-0.4, -0.2) is 54.7 Å². The van der Waals surface area contributed by atoms with E-state index in [0.717, 1.165) is 9.94 Å². The monoisotopic (exact) mass is 714 g/mol. The number of alkyl halides is 4. The largest absolute Gasteiger partial charge is 0.494 e. The van der Waals surface area contributed by atoms with Gasteiger partial charge in [-0.25, -0.2) is 17.6 Å². The molecule has 0 amide bonds. The summed E-state index contributed by atoms with van der Waals surface area (Å²) in [4.78, 5) is 0. The number of rotatable bonds is 4. The van der Waals surface area contributed by atoms with Gasteiger partial charge in [-0.15, -0.1) is 0 Å². The van der Waals surface area contributed by atoms with Crippen LogP contribution in [0.1, 0.15) is 107 Å². The second-order valence-electron chi connectivity index (χ2n) is 14.7. The zero-order valence-corrected chi connectivity index (χ0v) is 30.4. The maximum Gasteiger partial charge on any atom is 0.494 e. The van der Waals surface area contributed by atoms with Crippen LogP contribution in [0.15, 0.2) is 53.0 Å². The van der Waals surface area contributed by atoms with Crippen molar-refractivity contribution in [2.24, 2.45) is 0 Å². The zero-order valence-electron chi connectivity index (χ0n) is 28.8. The molecular formula is C32H46B3BrF4O6. The van der Waals surface area contributed by atoms with E-state index in [2.05, 4.69) is 15.9 Å². The molecule has 46 heavy (non-hydrogen) atoms. The SMILES string of the molecule is CC1(C)OB(B2OC(C)(C)C(C)(C)O2)OC1(C)C.CC1(C)OB(c2ccc(C(F)F)cc2)OC1(C)C.FC(F)c1ccc(Br)cc1. The molecule has 2 aromatic rings. The maximum absolute atomic E-state index is 12.5. The van der Waals surface area contributed by atoms with Crippen molar-refractivity contribution in [3.8, 4) is 0 Å². The highest BCUT2D eigenvalue weighted by atomic mass is 79.9. The molecule has 14 heteroatoms. The van der Waals surface area contributed by atoms with Crippen LogP contribution < -0.4 is 5.46 Å². The van der Waals surface area contributed by atoms with Gasteiger partial charge in [0.15, 0.2) is 0 Å². The molecule has 3 saturated heterocycles. The van der Waals surface area contributed by atoms with Crippen LogP contribution in [-0.2, 0) is 27.9 Å². The van der Waals surface area contributed by atoms with E-state index in [9.17, 15) is 17.6 Å². The Hall–Kier alpha value is -1.41. The molecule has 0 bridgehead atoms. The Balaban J connectivity index is 0.000000196. The van der Waals surface area contributed by atoms with E-state index >= 15 is 0 Å². The molecular weight excluding hydrogens is 669 g/mol. The summed E-state index contributed by atoms with van der Waals surface area (Å²) < 4.78 is 85.0. The van der Waals surface area contributed by atoms with Crippen molar-refractivity contribution in [3.05, 3.63) is 64.1 Å². The van der Waals surface area contributed by atoms with Gasteiger partial charge >= 0.3 is 21.1 Å². The molecule has 0 radical (unpaired) electrons. The van der Waals surface area contributed by atoms with Crippen LogP contribution >= 0.6 is 15.9 Å². The Kier molecular flexibility index (Phi) is 11.7. The lowest BCUT2D eigenvalue weighted by Crippen LogP contribution is -2.41. The van der Waals surface area contributed by atoms with Crippen LogP contribution in [0.4, 0.5) is 17.6 Å². The van der Waals surface area contributed by atoms with E-state index in [4.69, 9.17) is 27.9 Å². The number of hydrogen-bond donors (Lipinski definition) is 0. The normalized spacial score (nSPS) is 23.2. The second-order valence-corrected chi connectivity index (χ2v) is 15.6. The third kappa shape index (κ3) is 8.78. The van der Waals surface area contributed by atoms with Gasteiger partial charge in [-0.1, -0.05) is 52.3 Å². The van der Waals surface area contributed by atoms with Crippen molar-refractivity contribution in [1.82, 2.24) is 0 Å². The summed E-state index contributed by atoms with van der Waals surface area (Å²) in [5.41, 5.74) is -1.44. The minimum absolute atomic E-state index is 0.00951. The van der Waals surface area contributed by atoms with Gasteiger partial charge < -0.3 is 27.9 Å². The van der Waals surface area contributed by atoms with E-state index in [1.54, 1.807) is 24.3 Å². The standard InChI is InChI=1S/C13H17BF2O2.C12H24B2O4.C7H5BrF2/c1-12(2)13(3,4)18-14(17-12)10-7-5-9(6-8-10)11(15)16;1-9(2)10(3,4)16-13(15-9)14-17-11(5,6)12(7,8)18-14;8-6-3-1-5(2-4-6)7(9)10/h5-8,11H,1-4H3;1-8H3;1-4,7H. The van der Waals surface area contributed by atoms with Gasteiger partial charge in [-0.2, -0.15) is 0 Å². The predicted molar refractivity (Wildman–Crippen MR) is 178 cm³/mol. The first-order valence-corrected chi connectivity index (χ1v) is 16.1. The van der Waals surface area contributed by atoms with Gasteiger partial charge in [-0.3, -0.25) is 0 Å². The molecule has 0 unspecified atom stereocenters. The predicted octanol–water partition coefficient (Wildman–Crippen LogP) is 8.56. The van der Waals surface area contributed by atoms with Crippen molar-refractivity contribution in [2.45, 2.75) is 130 Å². The molecule has 5 rings (SSSR count). The summed E-state index contributed by atoms with van der Waals surface area (Å²) >= 11 is 3.15. The fourth-order valence-electron chi connectivity index (χ4n) is 4.39. The van der Waals surface area contributed by atoms with Crippen LogP contribution in [0.25, 0.3) is 0 Å². The lowest BCUT2D eigenvalue weighted by atomic mass is 9.49. The molecule has 0 saturated carbocycles. The highest BCUT2D eigenvalue weighted by molar-refractivity contribution is 9.10. The van der Waals surface area contributed by atoms with Crippen molar-refractivity contribution >= 4 is 42.5 Å².